The van der Waals surface area contributed by atoms with E-state index in [4.69, 9.17) is 39.4 Å². The van der Waals surface area contributed by atoms with E-state index in [0.29, 0.717) is 55.1 Å². The summed E-state index contributed by atoms with van der Waals surface area (Å²) in [6.07, 6.45) is 29.9. The Morgan fingerprint density at radius 2 is 0.767 bits per heavy atom. The van der Waals surface area contributed by atoms with Crippen LogP contribution < -0.4 is 18.9 Å². The Kier molecular flexibility index (Phi) is 40.5. The molecule has 0 saturated carbocycles. The molecule has 0 aliphatic carbocycles. The molecule has 0 bridgehead atoms. The molecule has 9 rings (SSSR count). The monoisotopic (exact) mass is 1680 g/mol. The second kappa shape index (κ2) is 49.6. The number of thiophene rings is 3. The molecule has 636 valence electrons. The molecule has 3 heterocycles. The Labute approximate surface area is 724 Å². The number of alkyl halides is 1. The van der Waals surface area contributed by atoms with Crippen molar-refractivity contribution in [1.82, 2.24) is 0 Å². The van der Waals surface area contributed by atoms with Gasteiger partial charge in [-0.05, 0) is 246 Å². The van der Waals surface area contributed by atoms with E-state index in [1.807, 2.05) is 90.4 Å². The molecular formula is C104H123FO12S3. The molecule has 0 saturated heterocycles. The Balaban J connectivity index is 0.000000249. The van der Waals surface area contributed by atoms with E-state index in [2.05, 4.69) is 193 Å². The number of carboxylic acids is 4. The maximum Gasteiger partial charge on any atom is 0.328 e. The summed E-state index contributed by atoms with van der Waals surface area (Å²) in [6, 6.07) is 44.5. The lowest BCUT2D eigenvalue weighted by atomic mass is 9.82. The minimum atomic E-state index is -0.967. The van der Waals surface area contributed by atoms with E-state index >= 15 is 0 Å². The van der Waals surface area contributed by atoms with Gasteiger partial charge in [-0.2, -0.15) is 0 Å². The quantitative estimate of drug-likeness (QED) is 0.0166. The van der Waals surface area contributed by atoms with Crippen LogP contribution in [-0.2, 0) is 55.7 Å². The van der Waals surface area contributed by atoms with Crippen molar-refractivity contribution in [3.8, 4) is 78.6 Å². The molecule has 0 amide bonds. The van der Waals surface area contributed by atoms with Gasteiger partial charge >= 0.3 is 23.9 Å². The second-order valence-corrected chi connectivity index (χ2v) is 34.1. The summed E-state index contributed by atoms with van der Waals surface area (Å²) in [6.45, 7) is 39.4. The summed E-state index contributed by atoms with van der Waals surface area (Å²) in [4.78, 5) is 46.7. The zero-order chi connectivity index (χ0) is 88.1. The van der Waals surface area contributed by atoms with Crippen LogP contribution in [0.2, 0.25) is 0 Å². The van der Waals surface area contributed by atoms with Gasteiger partial charge in [-0.3, -0.25) is 4.39 Å². The molecule has 6 aromatic carbocycles. The summed E-state index contributed by atoms with van der Waals surface area (Å²) in [7, 11) is 0. The van der Waals surface area contributed by atoms with Gasteiger partial charge in [-0.15, -0.1) is 34.0 Å². The summed E-state index contributed by atoms with van der Waals surface area (Å²) >= 11 is 4.87. The van der Waals surface area contributed by atoms with Crippen molar-refractivity contribution in [2.75, 3.05) is 33.1 Å². The van der Waals surface area contributed by atoms with Gasteiger partial charge < -0.3 is 39.4 Å². The van der Waals surface area contributed by atoms with Gasteiger partial charge in [-0.25, -0.2) is 19.2 Å². The molecule has 0 unspecified atom stereocenters. The second-order valence-electron chi connectivity index (χ2n) is 31.3. The number of ether oxygens (including phenoxy) is 4. The van der Waals surface area contributed by atoms with Crippen LogP contribution in [0.15, 0.2) is 227 Å². The number of aliphatic carboxylic acids is 4. The highest BCUT2D eigenvalue weighted by molar-refractivity contribution is 7.12. The fourth-order valence-corrected chi connectivity index (χ4v) is 15.3. The maximum absolute atomic E-state index is 12.8. The largest absolute Gasteiger partial charge is 0.493 e. The van der Waals surface area contributed by atoms with Crippen molar-refractivity contribution < 1.29 is 62.9 Å². The average molecular weight is 1680 g/mol. The number of carbonyl (C=O) groups is 4. The Bertz CT molecular complexity index is 5150. The lowest BCUT2D eigenvalue weighted by Gasteiger charge is -2.26. The van der Waals surface area contributed by atoms with Gasteiger partial charge in [0.25, 0.3) is 0 Å². The smallest absolute Gasteiger partial charge is 0.328 e. The number of hydrogen-bond donors (Lipinski definition) is 4. The average Bonchev–Trinajstić information content (AvgIpc) is 1.42. The van der Waals surface area contributed by atoms with Crippen LogP contribution in [-0.4, -0.2) is 77.4 Å². The fourth-order valence-electron chi connectivity index (χ4n) is 12.9. The van der Waals surface area contributed by atoms with E-state index in [1.165, 1.54) is 57.7 Å². The van der Waals surface area contributed by atoms with Crippen molar-refractivity contribution >= 4 is 81.7 Å². The molecule has 0 radical (unpaired) electrons. The van der Waals surface area contributed by atoms with Crippen LogP contribution in [0.1, 0.15) is 210 Å². The van der Waals surface area contributed by atoms with E-state index in [1.54, 1.807) is 73.9 Å². The van der Waals surface area contributed by atoms with Crippen LogP contribution in [0.3, 0.4) is 0 Å². The Morgan fingerprint density at radius 3 is 1.13 bits per heavy atom. The zero-order valence-electron chi connectivity index (χ0n) is 73.4. The number of halogens is 1. The highest BCUT2D eigenvalue weighted by Gasteiger charge is 2.26. The summed E-state index contributed by atoms with van der Waals surface area (Å²) in [5.41, 5.74) is 23.2. The normalized spacial score (nSPS) is 12.3. The molecule has 0 atom stereocenters. The topological polar surface area (TPSA) is 186 Å². The van der Waals surface area contributed by atoms with Gasteiger partial charge in [0.15, 0.2) is 0 Å². The predicted octanol–water partition coefficient (Wildman–Crippen LogP) is 28.7. The minimum Gasteiger partial charge on any atom is -0.493 e. The van der Waals surface area contributed by atoms with Gasteiger partial charge in [0.1, 0.15) is 23.0 Å². The van der Waals surface area contributed by atoms with Crippen LogP contribution >= 0.6 is 34.0 Å². The summed E-state index contributed by atoms with van der Waals surface area (Å²) in [5, 5.41) is 41.8. The molecule has 0 aliphatic rings. The zero-order valence-corrected chi connectivity index (χ0v) is 75.9. The Morgan fingerprint density at radius 1 is 0.400 bits per heavy atom. The maximum atomic E-state index is 12.8. The van der Waals surface area contributed by atoms with E-state index in [9.17, 15) is 23.6 Å². The third kappa shape index (κ3) is 30.7. The van der Waals surface area contributed by atoms with Crippen molar-refractivity contribution in [1.29, 1.82) is 0 Å². The highest BCUT2D eigenvalue weighted by Crippen LogP contribution is 2.47. The predicted molar refractivity (Wildman–Crippen MR) is 505 cm³/mol. The Hall–Kier alpha value is -10.9. The van der Waals surface area contributed by atoms with E-state index in [0.717, 1.165) is 156 Å². The first-order chi connectivity index (χ1) is 57.3. The van der Waals surface area contributed by atoms with Crippen LogP contribution in [0.4, 0.5) is 4.39 Å². The molecule has 4 N–H and O–H groups in total. The first-order valence-corrected chi connectivity index (χ1v) is 44.1. The van der Waals surface area contributed by atoms with E-state index in [-0.39, 0.29) is 10.8 Å². The first kappa shape index (κ1) is 97.9. The minimum absolute atomic E-state index is 0.0140. The third-order valence-electron chi connectivity index (χ3n) is 19.1. The SMILES string of the molecule is CCCOc1c(-c2ccccc2)cc(CC)cc1-c1ccsc1/C=C/C(C)=C/C(=O)O.CCCOc1c(CCC)cc(C(C)(C)C)cc1-c1ccsc1/C=C/C(C)=C/C(=O)O.CCCOc1c(\C(C)=C/C=C/C(C)=C/C(=O)O)cc(CC)cc1C(C)(C)C.CCc1cc(-c2ccccc2)c(OCCCF)c(-c2ccsc2/C=C/C(C)=C/C(=O)O)c1. The third-order valence-corrected chi connectivity index (χ3v) is 21.7. The van der Waals surface area contributed by atoms with Crippen molar-refractivity contribution in [2.45, 2.75) is 193 Å². The van der Waals surface area contributed by atoms with Crippen LogP contribution in [0.25, 0.3) is 79.4 Å². The summed E-state index contributed by atoms with van der Waals surface area (Å²) < 4.78 is 37.8. The van der Waals surface area contributed by atoms with Gasteiger partial charge in [-0.1, -0.05) is 206 Å². The standard InChI is InChI=1S/C27H27FO3S.C27H28O3S.C26H34O3S.C24H34O3/c1-3-20-17-23(21-8-5-4-6-9-21)27(31-14-7-13-28)24(18-20)22-12-15-32-25(22)11-10-19(2)16-26(29)30;1-4-14-30-27-23(21-9-7-6-8-10-21)17-20(5-2)18-24(27)22-13-15-31-25(22)12-11-19(3)16-26(28)29;1-7-9-19-16-20(26(4,5)6)17-22(25(19)29-13-8-2)21-12-14-30-23(21)11-10-18(3)15-24(27)28;1-8-13-27-23-20(15-19(9-2)16-21(23)24(5,6)7)18(4)12-10-11-17(3)14-22(25)26/h4-6,8-12,15-18H,3,7,13-14H2,1-2H3,(H,29,30);6-13,15-18H,4-5,14H2,1-3H3,(H,28,29);10-12,14-17H,7-9,13H2,1-6H3,(H,27,28);10-12,14-16H,8-9,13H2,1-7H3,(H,25,26)/b11-10+,19-16+;12-11+,19-16+;11-10+,18-15+;11-10+,17-14+,18-12-. The van der Waals surface area contributed by atoms with Crippen LogP contribution in [0, 0.1) is 0 Å². The van der Waals surface area contributed by atoms with Crippen LogP contribution in [0.5, 0.6) is 23.0 Å². The molecule has 3 aromatic heterocycles. The number of carboxylic acid groups (broad SMARTS) is 4. The first-order valence-electron chi connectivity index (χ1n) is 41.5. The van der Waals surface area contributed by atoms with Crippen molar-refractivity contribution in [3.05, 3.63) is 280 Å². The molecule has 0 fully saturated rings. The number of rotatable bonds is 36. The molecule has 120 heavy (non-hydrogen) atoms. The van der Waals surface area contributed by atoms with E-state index < -0.39 is 30.6 Å². The van der Waals surface area contributed by atoms with Crippen molar-refractivity contribution in [2.24, 2.45) is 0 Å². The lowest BCUT2D eigenvalue weighted by molar-refractivity contribution is -0.132. The van der Waals surface area contributed by atoms with Gasteiger partial charge in [0.2, 0.25) is 0 Å². The molecule has 0 aliphatic heterocycles. The molecule has 12 nitrogen and oxygen atoms in total. The number of benzene rings is 6. The highest BCUT2D eigenvalue weighted by atomic mass is 32.1. The number of hydrogen-bond acceptors (Lipinski definition) is 11. The van der Waals surface area contributed by atoms with Gasteiger partial charge in [0, 0.05) is 101 Å². The van der Waals surface area contributed by atoms with Gasteiger partial charge in [0.05, 0.1) is 33.1 Å². The number of allylic oxidation sites excluding steroid dienone is 11. The molecule has 0 spiro atoms. The molecule has 9 aromatic rings. The molecular weight excluding hydrogens is 1560 g/mol. The van der Waals surface area contributed by atoms with Crippen molar-refractivity contribution in [3.63, 3.8) is 0 Å². The fraction of sp³-hybridized carbons (Fsp3) is 0.327. The summed E-state index contributed by atoms with van der Waals surface area (Å²) in [5.74, 6) is -0.181. The number of aryl methyl sites for hydroxylation is 4. The molecule has 16 heteroatoms. The lowest BCUT2D eigenvalue weighted by Crippen LogP contribution is -2.15.